The summed E-state index contributed by atoms with van der Waals surface area (Å²) in [7, 11) is 0. The molecule has 0 aromatic heterocycles. The lowest BCUT2D eigenvalue weighted by Gasteiger charge is -2.34. The van der Waals surface area contributed by atoms with Crippen molar-refractivity contribution in [1.82, 2.24) is 0 Å². The number of aliphatic hydroxyl groups is 3. The first-order chi connectivity index (χ1) is 7.91. The molecule has 0 amide bonds. The second-order valence-electron chi connectivity index (χ2n) is 3.63. The third kappa shape index (κ3) is 4.65. The number of carbonyl (C=O) groups is 2. The first kappa shape index (κ1) is 15.8. The van der Waals surface area contributed by atoms with Gasteiger partial charge in [-0.05, 0) is 0 Å². The van der Waals surface area contributed by atoms with Crippen molar-refractivity contribution < 1.29 is 39.9 Å². The van der Waals surface area contributed by atoms with E-state index in [0.717, 1.165) is 0 Å². The molecule has 0 aliphatic carbocycles. The number of carboxylic acids is 2. The van der Waals surface area contributed by atoms with Crippen LogP contribution >= 0.6 is 0 Å². The van der Waals surface area contributed by atoms with Gasteiger partial charge < -0.3 is 30.3 Å². The average molecular weight is 252 g/mol. The van der Waals surface area contributed by atoms with Crippen LogP contribution in [0.25, 0.3) is 0 Å². The number of rotatable bonds is 9. The molecule has 0 saturated carbocycles. The molecule has 0 aliphatic rings. The minimum Gasteiger partial charge on any atom is -0.481 e. The van der Waals surface area contributed by atoms with Gasteiger partial charge in [-0.25, -0.2) is 4.79 Å². The first-order valence-corrected chi connectivity index (χ1v) is 4.79. The van der Waals surface area contributed by atoms with Gasteiger partial charge in [0.1, 0.15) is 6.61 Å². The van der Waals surface area contributed by atoms with Crippen molar-refractivity contribution in [3.05, 3.63) is 0 Å². The summed E-state index contributed by atoms with van der Waals surface area (Å²) in [4.78, 5) is 20.9. The van der Waals surface area contributed by atoms with E-state index in [2.05, 4.69) is 0 Å². The summed E-state index contributed by atoms with van der Waals surface area (Å²) in [6.45, 7) is -2.95. The van der Waals surface area contributed by atoms with Crippen LogP contribution in [-0.4, -0.2) is 70.0 Å². The van der Waals surface area contributed by atoms with Gasteiger partial charge in [-0.3, -0.25) is 4.79 Å². The van der Waals surface area contributed by atoms with Crippen molar-refractivity contribution in [1.29, 1.82) is 0 Å². The molecule has 8 heteroatoms. The van der Waals surface area contributed by atoms with Crippen molar-refractivity contribution in [2.45, 2.75) is 12.5 Å². The zero-order chi connectivity index (χ0) is 13.5. The maximum absolute atomic E-state index is 10.6. The molecule has 0 heterocycles. The minimum absolute atomic E-state index is 0.630. The van der Waals surface area contributed by atoms with Gasteiger partial charge in [-0.1, -0.05) is 0 Å². The van der Waals surface area contributed by atoms with E-state index in [1.807, 2.05) is 0 Å². The van der Waals surface area contributed by atoms with E-state index < -0.39 is 56.3 Å². The molecule has 0 aromatic carbocycles. The molecular weight excluding hydrogens is 236 g/mol. The normalized spacial score (nSPS) is 13.4. The maximum Gasteiger partial charge on any atom is 0.329 e. The molecule has 0 fully saturated rings. The molecular formula is C9H16O8. The molecule has 17 heavy (non-hydrogen) atoms. The lowest BCUT2D eigenvalue weighted by Crippen LogP contribution is -2.48. The van der Waals surface area contributed by atoms with Crippen LogP contribution in [-0.2, 0) is 14.3 Å². The van der Waals surface area contributed by atoms with E-state index in [4.69, 9.17) is 30.3 Å². The van der Waals surface area contributed by atoms with Crippen LogP contribution in [0.2, 0.25) is 0 Å². The molecule has 100 valence electrons. The van der Waals surface area contributed by atoms with Gasteiger partial charge in [-0.15, -0.1) is 0 Å². The molecule has 0 bridgehead atoms. The summed E-state index contributed by atoms with van der Waals surface area (Å²) in [5.41, 5.74) is -1.59. The Morgan fingerprint density at radius 3 is 1.76 bits per heavy atom. The average Bonchev–Trinajstić information content (AvgIpc) is 2.27. The predicted octanol–water partition coefficient (Wildman–Crippen LogP) is -2.11. The second-order valence-corrected chi connectivity index (χ2v) is 3.63. The number of aliphatic hydroxyl groups excluding tert-OH is 3. The first-order valence-electron chi connectivity index (χ1n) is 4.79. The number of hydrogen-bond donors (Lipinski definition) is 5. The highest BCUT2D eigenvalue weighted by Gasteiger charge is 2.40. The van der Waals surface area contributed by atoms with E-state index in [1.165, 1.54) is 0 Å². The van der Waals surface area contributed by atoms with E-state index >= 15 is 0 Å². The Bertz CT molecular complexity index is 251. The van der Waals surface area contributed by atoms with Crippen LogP contribution in [0.3, 0.4) is 0 Å². The molecule has 0 radical (unpaired) electrons. The fourth-order valence-corrected chi connectivity index (χ4v) is 1.24. The molecule has 1 atom stereocenters. The highest BCUT2D eigenvalue weighted by atomic mass is 16.5. The van der Waals surface area contributed by atoms with Gasteiger partial charge >= 0.3 is 11.9 Å². The smallest absolute Gasteiger partial charge is 0.329 e. The van der Waals surface area contributed by atoms with Crippen LogP contribution in [0.4, 0.5) is 0 Å². The van der Waals surface area contributed by atoms with E-state index in [9.17, 15) is 9.59 Å². The summed E-state index contributed by atoms with van der Waals surface area (Å²) < 4.78 is 4.79. The van der Waals surface area contributed by atoms with Gasteiger partial charge in [0, 0.05) is 0 Å². The Kier molecular flexibility index (Phi) is 6.66. The number of carboxylic acid groups (broad SMARTS) is 2. The third-order valence-corrected chi connectivity index (χ3v) is 2.40. The highest BCUT2D eigenvalue weighted by molar-refractivity contribution is 5.69. The Hall–Kier alpha value is -1.22. The lowest BCUT2D eigenvalue weighted by atomic mass is 9.82. The van der Waals surface area contributed by atoms with Crippen molar-refractivity contribution in [2.75, 3.05) is 26.4 Å². The van der Waals surface area contributed by atoms with Gasteiger partial charge in [0.2, 0.25) is 0 Å². The van der Waals surface area contributed by atoms with Gasteiger partial charge in [-0.2, -0.15) is 0 Å². The summed E-state index contributed by atoms with van der Waals surface area (Å²) in [6, 6.07) is 0. The van der Waals surface area contributed by atoms with Crippen LogP contribution in [0.15, 0.2) is 0 Å². The van der Waals surface area contributed by atoms with Gasteiger partial charge in [0.05, 0.1) is 37.8 Å². The standard InChI is InChI=1S/C9H16O8/c10-3-9(4-11,5-12)6(1-7(13)14)17-2-8(15)16/h6,10-12H,1-5H2,(H,13,14)(H,15,16). The van der Waals surface area contributed by atoms with Crippen molar-refractivity contribution >= 4 is 11.9 Å². The second kappa shape index (κ2) is 7.17. The number of ether oxygens (including phenoxy) is 1. The largest absolute Gasteiger partial charge is 0.481 e. The molecule has 1 unspecified atom stereocenters. The number of aliphatic carboxylic acids is 2. The fourth-order valence-electron chi connectivity index (χ4n) is 1.24. The quantitative estimate of drug-likeness (QED) is 0.313. The van der Waals surface area contributed by atoms with Crippen LogP contribution < -0.4 is 0 Å². The summed E-state index contributed by atoms with van der Waals surface area (Å²) in [6.07, 6.45) is -1.93. The SMILES string of the molecule is O=C(O)COC(CC(=O)O)C(CO)(CO)CO. The highest BCUT2D eigenvalue weighted by Crippen LogP contribution is 2.26. The Balaban J connectivity index is 4.84. The molecule has 0 aromatic rings. The topological polar surface area (TPSA) is 145 Å². The zero-order valence-electron chi connectivity index (χ0n) is 9.07. The predicted molar refractivity (Wildman–Crippen MR) is 53.3 cm³/mol. The van der Waals surface area contributed by atoms with E-state index in [-0.39, 0.29) is 0 Å². The Labute approximate surface area is 97.1 Å². The number of hydrogen-bond acceptors (Lipinski definition) is 6. The lowest BCUT2D eigenvalue weighted by molar-refractivity contribution is -0.163. The molecule has 0 spiro atoms. The van der Waals surface area contributed by atoms with Gasteiger partial charge in [0.25, 0.3) is 0 Å². The fraction of sp³-hybridized carbons (Fsp3) is 0.778. The van der Waals surface area contributed by atoms with Gasteiger partial charge in [0.15, 0.2) is 0 Å². The van der Waals surface area contributed by atoms with Crippen molar-refractivity contribution in [3.63, 3.8) is 0 Å². The van der Waals surface area contributed by atoms with Crippen molar-refractivity contribution in [2.24, 2.45) is 5.41 Å². The van der Waals surface area contributed by atoms with Crippen LogP contribution in [0.1, 0.15) is 6.42 Å². The Morgan fingerprint density at radius 2 is 1.47 bits per heavy atom. The van der Waals surface area contributed by atoms with Crippen molar-refractivity contribution in [3.8, 4) is 0 Å². The molecule has 8 nitrogen and oxygen atoms in total. The van der Waals surface area contributed by atoms with E-state index in [0.29, 0.717) is 0 Å². The molecule has 5 N–H and O–H groups in total. The molecule has 0 saturated heterocycles. The Morgan fingerprint density at radius 1 is 1.00 bits per heavy atom. The summed E-state index contributed by atoms with van der Waals surface area (Å²) in [5, 5.41) is 44.3. The monoisotopic (exact) mass is 252 g/mol. The third-order valence-electron chi connectivity index (χ3n) is 2.40. The van der Waals surface area contributed by atoms with E-state index in [1.54, 1.807) is 0 Å². The molecule has 0 rings (SSSR count). The maximum atomic E-state index is 10.6. The minimum atomic E-state index is -1.59. The summed E-state index contributed by atoms with van der Waals surface area (Å²) in [5.74, 6) is -2.61. The molecule has 0 aliphatic heterocycles. The van der Waals surface area contributed by atoms with Crippen LogP contribution in [0, 0.1) is 5.41 Å². The zero-order valence-corrected chi connectivity index (χ0v) is 9.07. The summed E-state index contributed by atoms with van der Waals surface area (Å²) >= 11 is 0. The van der Waals surface area contributed by atoms with Crippen LogP contribution in [0.5, 0.6) is 0 Å².